The van der Waals surface area contributed by atoms with Crippen molar-refractivity contribution in [3.05, 3.63) is 164 Å². The Hall–Kier alpha value is -5.22. The van der Waals surface area contributed by atoms with Crippen molar-refractivity contribution in [3.63, 3.8) is 0 Å². The Balaban J connectivity index is 0.00000200. The van der Waals surface area contributed by atoms with Crippen molar-refractivity contribution in [1.82, 2.24) is 0 Å². The second kappa shape index (κ2) is 14.0. The Morgan fingerprint density at radius 3 is 1.38 bits per heavy atom. The molecule has 5 heteroatoms. The number of pyridine rings is 2. The highest BCUT2D eigenvalue weighted by atomic mass is 35.5. The number of benzene rings is 5. The number of aromatic amines is 2. The molecule has 0 aliphatic rings. The fourth-order valence-corrected chi connectivity index (χ4v) is 5.69. The summed E-state index contributed by atoms with van der Waals surface area (Å²) in [6, 6.07) is 51.8. The molecule has 0 spiro atoms. The molecule has 0 fully saturated rings. The first kappa shape index (κ1) is 31.2. The van der Waals surface area contributed by atoms with Crippen LogP contribution < -0.4 is 9.97 Å². The lowest BCUT2D eigenvalue weighted by Gasteiger charge is -2.14. The highest BCUT2D eigenvalue weighted by Crippen LogP contribution is 2.39. The van der Waals surface area contributed by atoms with Crippen LogP contribution in [0.15, 0.2) is 164 Å². The number of rotatable bonds is 6. The van der Waals surface area contributed by atoms with E-state index in [9.17, 15) is 5.11 Å². The average Bonchev–Trinajstić information content (AvgIpc) is 3.09. The van der Waals surface area contributed by atoms with E-state index in [2.05, 4.69) is 113 Å². The van der Waals surface area contributed by atoms with Gasteiger partial charge in [-0.3, -0.25) is 0 Å². The molecule has 5 aromatic carbocycles. The lowest BCUT2D eigenvalue weighted by atomic mass is 9.90. The third-order valence-electron chi connectivity index (χ3n) is 7.82. The standard InChI is InChI=1S/C40H28N2O.2ClH/c43-34-25-32(37-14-6-4-12-35(37)28-17-19-30(20-18-28)39-16-8-9-23-41-39)24-33(26-34)38-15-7-5-13-36(38)31-21-22-40(42-27-31)29-10-2-1-3-11-29;;/h1-27,43H;2*1H/p+2. The van der Waals surface area contributed by atoms with Crippen LogP contribution in [0.5, 0.6) is 5.75 Å². The van der Waals surface area contributed by atoms with E-state index in [1.165, 1.54) is 0 Å². The number of H-pyrrole nitrogens is 2. The summed E-state index contributed by atoms with van der Waals surface area (Å²) in [4.78, 5) is 6.77. The Morgan fingerprint density at radius 1 is 0.356 bits per heavy atom. The van der Waals surface area contributed by atoms with Crippen molar-refractivity contribution in [3.8, 4) is 72.8 Å². The van der Waals surface area contributed by atoms with Crippen molar-refractivity contribution in [2.24, 2.45) is 0 Å². The van der Waals surface area contributed by atoms with Crippen LogP contribution in [-0.4, -0.2) is 5.11 Å². The maximum Gasteiger partial charge on any atom is 0.210 e. The highest BCUT2D eigenvalue weighted by molar-refractivity contribution is 5.89. The summed E-state index contributed by atoms with van der Waals surface area (Å²) >= 11 is 0. The normalized spacial score (nSPS) is 10.4. The number of nitrogens with one attached hydrogen (secondary N) is 2. The second-order valence-electron chi connectivity index (χ2n) is 10.6. The second-order valence-corrected chi connectivity index (χ2v) is 10.6. The van der Waals surface area contributed by atoms with Crippen LogP contribution >= 0.6 is 24.8 Å². The van der Waals surface area contributed by atoms with E-state index in [-0.39, 0.29) is 30.6 Å². The van der Waals surface area contributed by atoms with E-state index in [0.29, 0.717) is 0 Å². The summed E-state index contributed by atoms with van der Waals surface area (Å²) in [6.45, 7) is 0. The lowest BCUT2D eigenvalue weighted by molar-refractivity contribution is -0.364. The molecule has 3 N–H and O–H groups in total. The van der Waals surface area contributed by atoms with Gasteiger partial charge in [0.05, 0.1) is 0 Å². The van der Waals surface area contributed by atoms with Crippen LogP contribution in [0.25, 0.3) is 67.0 Å². The SMILES string of the molecule is Cl.Cl.Oc1cc(-c2ccccc2-c2ccc(-c3cccc[nH+]3)cc2)cc(-c2ccccc2-c2ccc(-c3ccccc3)[nH+]c2)c1. The maximum atomic E-state index is 11.0. The molecule has 0 saturated heterocycles. The van der Waals surface area contributed by atoms with Crippen LogP contribution in [0.2, 0.25) is 0 Å². The zero-order chi connectivity index (χ0) is 29.0. The smallest absolute Gasteiger partial charge is 0.210 e. The van der Waals surface area contributed by atoms with E-state index < -0.39 is 0 Å². The van der Waals surface area contributed by atoms with Crippen LogP contribution in [0, 0.1) is 0 Å². The maximum absolute atomic E-state index is 11.0. The fraction of sp³-hybridized carbons (Fsp3) is 0. The Bertz CT molecular complexity index is 1870. The molecule has 0 amide bonds. The summed E-state index contributed by atoms with van der Waals surface area (Å²) in [6.07, 6.45) is 3.99. The van der Waals surface area contributed by atoms with E-state index in [4.69, 9.17) is 0 Å². The van der Waals surface area contributed by atoms with Crippen molar-refractivity contribution in [2.45, 2.75) is 0 Å². The predicted octanol–water partition coefficient (Wildman–Crippen LogP) is 9.87. The van der Waals surface area contributed by atoms with Gasteiger partial charge in [-0.15, -0.1) is 24.8 Å². The van der Waals surface area contributed by atoms with Crippen molar-refractivity contribution in [1.29, 1.82) is 0 Å². The molecule has 0 bridgehead atoms. The minimum Gasteiger partial charge on any atom is -0.508 e. The van der Waals surface area contributed by atoms with Gasteiger partial charge in [-0.1, -0.05) is 78.9 Å². The molecule has 2 heterocycles. The van der Waals surface area contributed by atoms with Gasteiger partial charge in [-0.25, -0.2) is 9.97 Å². The molecule has 7 aromatic rings. The van der Waals surface area contributed by atoms with Crippen LogP contribution in [0.4, 0.5) is 0 Å². The van der Waals surface area contributed by atoms with Gasteiger partial charge in [0.2, 0.25) is 11.4 Å². The molecule has 7 rings (SSSR count). The van der Waals surface area contributed by atoms with Crippen LogP contribution in [0.3, 0.4) is 0 Å². The largest absolute Gasteiger partial charge is 0.508 e. The van der Waals surface area contributed by atoms with Crippen molar-refractivity contribution >= 4 is 24.8 Å². The van der Waals surface area contributed by atoms with Gasteiger partial charge >= 0.3 is 0 Å². The quantitative estimate of drug-likeness (QED) is 0.196. The third-order valence-corrected chi connectivity index (χ3v) is 7.82. The zero-order valence-corrected chi connectivity index (χ0v) is 26.0. The van der Waals surface area contributed by atoms with E-state index in [1.807, 2.05) is 60.8 Å². The van der Waals surface area contributed by atoms with Gasteiger partial charge in [-0.2, -0.15) is 0 Å². The number of phenols is 1. The highest BCUT2D eigenvalue weighted by Gasteiger charge is 2.15. The predicted molar refractivity (Wildman–Crippen MR) is 188 cm³/mol. The minimum atomic E-state index is 0. The number of phenolic OH excluding ortho intramolecular Hbond substituents is 1. The van der Waals surface area contributed by atoms with Crippen LogP contribution in [0.1, 0.15) is 0 Å². The summed E-state index contributed by atoms with van der Waals surface area (Å²) in [5, 5.41) is 11.0. The number of hydrogen-bond acceptors (Lipinski definition) is 1. The number of halogens is 2. The fourth-order valence-electron chi connectivity index (χ4n) is 5.69. The zero-order valence-electron chi connectivity index (χ0n) is 24.4. The average molecular weight is 628 g/mol. The summed E-state index contributed by atoms with van der Waals surface area (Å²) < 4.78 is 0. The summed E-state index contributed by atoms with van der Waals surface area (Å²) in [5.41, 5.74) is 12.9. The molecule has 0 saturated carbocycles. The molecule has 0 radical (unpaired) electrons. The topological polar surface area (TPSA) is 48.5 Å². The molecule has 0 unspecified atom stereocenters. The van der Waals surface area contributed by atoms with Gasteiger partial charge in [0.25, 0.3) is 0 Å². The van der Waals surface area contributed by atoms with Gasteiger partial charge < -0.3 is 5.11 Å². The molecule has 0 aliphatic heterocycles. The Morgan fingerprint density at radius 2 is 0.822 bits per heavy atom. The molecule has 220 valence electrons. The minimum absolute atomic E-state index is 0. The first-order chi connectivity index (χ1) is 21.2. The lowest BCUT2D eigenvalue weighted by Crippen LogP contribution is -2.06. The molecule has 0 aliphatic carbocycles. The molecular weight excluding hydrogens is 595 g/mol. The summed E-state index contributed by atoms with van der Waals surface area (Å²) in [7, 11) is 0. The molecule has 0 atom stereocenters. The van der Waals surface area contributed by atoms with Gasteiger partial charge in [0.1, 0.15) is 5.75 Å². The summed E-state index contributed by atoms with van der Waals surface area (Å²) in [5.74, 6) is 0.234. The molecule has 3 nitrogen and oxygen atoms in total. The Labute approximate surface area is 275 Å². The first-order valence-corrected chi connectivity index (χ1v) is 14.4. The van der Waals surface area contributed by atoms with Crippen LogP contribution in [-0.2, 0) is 0 Å². The molecule has 45 heavy (non-hydrogen) atoms. The van der Waals surface area contributed by atoms with Gasteiger partial charge in [0.15, 0.2) is 12.4 Å². The van der Waals surface area contributed by atoms with Gasteiger partial charge in [-0.05, 0) is 93.5 Å². The Kier molecular flexibility index (Phi) is 9.74. The van der Waals surface area contributed by atoms with E-state index >= 15 is 0 Å². The van der Waals surface area contributed by atoms with E-state index in [0.717, 1.165) is 67.0 Å². The monoisotopic (exact) mass is 626 g/mol. The van der Waals surface area contributed by atoms with Crippen molar-refractivity contribution < 1.29 is 15.1 Å². The number of aromatic hydroxyl groups is 1. The van der Waals surface area contributed by atoms with Crippen molar-refractivity contribution in [2.75, 3.05) is 0 Å². The number of aromatic nitrogens is 2. The first-order valence-electron chi connectivity index (χ1n) is 14.4. The van der Waals surface area contributed by atoms with Gasteiger partial charge in [0, 0.05) is 34.9 Å². The third kappa shape index (κ3) is 6.66. The van der Waals surface area contributed by atoms with E-state index in [1.54, 1.807) is 0 Å². The molecular formula is C40H32Cl2N2O+2. The number of hydrogen-bond donors (Lipinski definition) is 1. The molecule has 2 aromatic heterocycles.